The Bertz CT molecular complexity index is 297. The molecule has 2 atom stereocenters. The molecular weight excluding hydrogens is 184 g/mol. The Morgan fingerprint density at radius 2 is 1.79 bits per heavy atom. The van der Waals surface area contributed by atoms with Crippen LogP contribution in [0.2, 0.25) is 25.7 Å². The number of benzene rings is 1. The van der Waals surface area contributed by atoms with E-state index in [0.29, 0.717) is 0 Å². The molecule has 0 bridgehead atoms. The monoisotopic (exact) mass is 204 g/mol. The third-order valence-corrected chi connectivity index (χ3v) is 4.77. The fourth-order valence-electron chi connectivity index (χ4n) is 2.37. The zero-order valence-corrected chi connectivity index (χ0v) is 10.5. The highest BCUT2D eigenvalue weighted by atomic mass is 28.3. The van der Waals surface area contributed by atoms with Gasteiger partial charge in [-0.3, -0.25) is 0 Å². The Labute approximate surface area is 88.4 Å². The smallest absolute Gasteiger partial charge is 0.0445 e. The van der Waals surface area contributed by atoms with Crippen LogP contribution in [0.4, 0.5) is 0 Å². The molecule has 1 saturated carbocycles. The molecule has 0 heterocycles. The van der Waals surface area contributed by atoms with Crippen LogP contribution in [0, 0.1) is 5.92 Å². The van der Waals surface area contributed by atoms with Gasteiger partial charge in [-0.25, -0.2) is 0 Å². The van der Waals surface area contributed by atoms with Gasteiger partial charge in [-0.1, -0.05) is 56.0 Å². The Morgan fingerprint density at radius 3 is 2.36 bits per heavy atom. The summed E-state index contributed by atoms with van der Waals surface area (Å²) in [6.45, 7) is 7.44. The van der Waals surface area contributed by atoms with E-state index < -0.39 is 8.07 Å². The highest BCUT2D eigenvalue weighted by Gasteiger charge is 2.40. The van der Waals surface area contributed by atoms with E-state index in [1.54, 1.807) is 5.56 Å². The van der Waals surface area contributed by atoms with Crippen molar-refractivity contribution in [3.05, 3.63) is 35.9 Å². The van der Waals surface area contributed by atoms with Gasteiger partial charge in [-0.2, -0.15) is 0 Å². The molecule has 0 nitrogen and oxygen atoms in total. The predicted molar refractivity (Wildman–Crippen MR) is 65.4 cm³/mol. The Hall–Kier alpha value is -0.563. The molecule has 14 heavy (non-hydrogen) atoms. The Balaban J connectivity index is 1.94. The van der Waals surface area contributed by atoms with Gasteiger partial charge in [0, 0.05) is 8.07 Å². The molecule has 0 amide bonds. The second-order valence-electron chi connectivity index (χ2n) is 5.78. The number of hydrogen-bond donors (Lipinski definition) is 0. The van der Waals surface area contributed by atoms with E-state index >= 15 is 0 Å². The summed E-state index contributed by atoms with van der Waals surface area (Å²) in [5.74, 6) is 1.90. The van der Waals surface area contributed by atoms with E-state index in [-0.39, 0.29) is 0 Å². The van der Waals surface area contributed by atoms with E-state index in [9.17, 15) is 0 Å². The van der Waals surface area contributed by atoms with Crippen LogP contribution in [0.1, 0.15) is 17.9 Å². The first-order valence-electron chi connectivity index (χ1n) is 5.61. The van der Waals surface area contributed by atoms with Crippen LogP contribution in [-0.2, 0) is 0 Å². The van der Waals surface area contributed by atoms with E-state index in [4.69, 9.17) is 0 Å². The molecule has 1 aliphatic rings. The topological polar surface area (TPSA) is 0 Å². The van der Waals surface area contributed by atoms with Crippen LogP contribution < -0.4 is 0 Å². The summed E-state index contributed by atoms with van der Waals surface area (Å²) in [6, 6.07) is 12.5. The van der Waals surface area contributed by atoms with Crippen molar-refractivity contribution in [2.45, 2.75) is 38.0 Å². The Kier molecular flexibility index (Phi) is 2.52. The van der Waals surface area contributed by atoms with Crippen molar-refractivity contribution in [1.29, 1.82) is 0 Å². The molecule has 1 aliphatic carbocycles. The molecule has 1 heteroatoms. The second kappa shape index (κ2) is 3.54. The first-order valence-corrected chi connectivity index (χ1v) is 9.32. The quantitative estimate of drug-likeness (QED) is 0.649. The normalized spacial score (nSPS) is 26.2. The lowest BCUT2D eigenvalue weighted by Crippen LogP contribution is -2.19. The van der Waals surface area contributed by atoms with E-state index in [2.05, 4.69) is 50.0 Å². The maximum Gasteiger partial charge on any atom is 0.0445 e. The average molecular weight is 204 g/mol. The highest BCUT2D eigenvalue weighted by molar-refractivity contribution is 6.76. The Morgan fingerprint density at radius 1 is 1.14 bits per heavy atom. The van der Waals surface area contributed by atoms with Crippen molar-refractivity contribution >= 4 is 8.07 Å². The van der Waals surface area contributed by atoms with Gasteiger partial charge in [0.1, 0.15) is 0 Å². The highest BCUT2D eigenvalue weighted by Crippen LogP contribution is 2.51. The first kappa shape index (κ1) is 9.97. The summed E-state index contributed by atoms with van der Waals surface area (Å²) in [4.78, 5) is 0. The minimum atomic E-state index is -0.832. The zero-order valence-electron chi connectivity index (χ0n) is 9.46. The molecule has 76 valence electrons. The summed E-state index contributed by atoms with van der Waals surface area (Å²) in [5.41, 5.74) is 1.57. The summed E-state index contributed by atoms with van der Waals surface area (Å²) < 4.78 is 0. The summed E-state index contributed by atoms with van der Waals surface area (Å²) >= 11 is 0. The molecule has 0 N–H and O–H groups in total. The summed E-state index contributed by atoms with van der Waals surface area (Å²) in [7, 11) is -0.832. The van der Waals surface area contributed by atoms with Crippen molar-refractivity contribution in [1.82, 2.24) is 0 Å². The van der Waals surface area contributed by atoms with Crippen LogP contribution in [-0.4, -0.2) is 8.07 Å². The maximum atomic E-state index is 2.48. The third-order valence-electron chi connectivity index (χ3n) is 3.02. The standard InChI is InChI=1S/C13H20Si/c1-14(2,3)10-12-9-13(12)11-7-5-4-6-8-11/h4-8,12-13H,9-10H2,1-3H3. The first-order chi connectivity index (χ1) is 6.56. The van der Waals surface area contributed by atoms with Gasteiger partial charge in [-0.05, 0) is 23.8 Å². The molecule has 0 radical (unpaired) electrons. The zero-order chi connectivity index (χ0) is 10.2. The number of hydrogen-bond acceptors (Lipinski definition) is 0. The second-order valence-corrected chi connectivity index (χ2v) is 11.3. The van der Waals surface area contributed by atoms with Crippen molar-refractivity contribution in [3.63, 3.8) is 0 Å². The van der Waals surface area contributed by atoms with Gasteiger partial charge in [-0.15, -0.1) is 0 Å². The molecule has 0 spiro atoms. The summed E-state index contributed by atoms with van der Waals surface area (Å²) in [5, 5.41) is 0. The van der Waals surface area contributed by atoms with Gasteiger partial charge >= 0.3 is 0 Å². The molecule has 0 aliphatic heterocycles. The molecule has 1 aromatic rings. The van der Waals surface area contributed by atoms with Crippen molar-refractivity contribution < 1.29 is 0 Å². The third kappa shape index (κ3) is 2.47. The molecule has 0 aromatic heterocycles. The van der Waals surface area contributed by atoms with Crippen molar-refractivity contribution in [3.8, 4) is 0 Å². The lowest BCUT2D eigenvalue weighted by molar-refractivity contribution is 0.890. The predicted octanol–water partition coefficient (Wildman–Crippen LogP) is 4.13. The van der Waals surface area contributed by atoms with Gasteiger partial charge in [0.2, 0.25) is 0 Å². The van der Waals surface area contributed by atoms with Crippen molar-refractivity contribution in [2.24, 2.45) is 5.92 Å². The van der Waals surface area contributed by atoms with Gasteiger partial charge in [0.15, 0.2) is 0 Å². The van der Waals surface area contributed by atoms with E-state index in [1.165, 1.54) is 12.5 Å². The maximum absolute atomic E-state index is 2.48. The molecule has 2 unspecified atom stereocenters. The number of rotatable bonds is 3. The SMILES string of the molecule is C[Si](C)(C)CC1CC1c1ccccc1. The van der Waals surface area contributed by atoms with E-state index in [0.717, 1.165) is 11.8 Å². The fourth-order valence-corrected chi connectivity index (χ4v) is 4.39. The van der Waals surface area contributed by atoms with E-state index in [1.807, 2.05) is 0 Å². The molecule has 2 rings (SSSR count). The molecule has 1 fully saturated rings. The van der Waals surface area contributed by atoms with Crippen LogP contribution in [0.25, 0.3) is 0 Å². The van der Waals surface area contributed by atoms with Crippen LogP contribution in [0.5, 0.6) is 0 Å². The lowest BCUT2D eigenvalue weighted by atomic mass is 10.1. The van der Waals surface area contributed by atoms with Crippen LogP contribution in [0.15, 0.2) is 30.3 Å². The van der Waals surface area contributed by atoms with Gasteiger partial charge in [0.05, 0.1) is 0 Å². The van der Waals surface area contributed by atoms with Crippen molar-refractivity contribution in [2.75, 3.05) is 0 Å². The summed E-state index contributed by atoms with van der Waals surface area (Å²) in [6.07, 6.45) is 1.44. The van der Waals surface area contributed by atoms with Crippen LogP contribution >= 0.6 is 0 Å². The fraction of sp³-hybridized carbons (Fsp3) is 0.538. The molecule has 0 saturated heterocycles. The molecule has 1 aromatic carbocycles. The van der Waals surface area contributed by atoms with Crippen LogP contribution in [0.3, 0.4) is 0 Å². The van der Waals surface area contributed by atoms with Gasteiger partial charge < -0.3 is 0 Å². The average Bonchev–Trinajstić information content (AvgIpc) is 2.82. The van der Waals surface area contributed by atoms with Gasteiger partial charge in [0.25, 0.3) is 0 Å². The minimum Gasteiger partial charge on any atom is -0.0695 e. The molecular formula is C13H20Si. The minimum absolute atomic E-state index is 0.832. The largest absolute Gasteiger partial charge is 0.0695 e. The lowest BCUT2D eigenvalue weighted by Gasteiger charge is -2.15.